The molecule has 1 N–H and O–H groups in total. The summed E-state index contributed by atoms with van der Waals surface area (Å²) in [6.07, 6.45) is 1.12. The molecular weight excluding hydrogens is 289 g/mol. The molecule has 1 fully saturated rings. The maximum absolute atomic E-state index is 6.44. The average molecular weight is 314 g/mol. The first-order valence-corrected chi connectivity index (χ1v) is 8.17. The van der Waals surface area contributed by atoms with Crippen molar-refractivity contribution in [1.82, 2.24) is 5.32 Å². The summed E-state index contributed by atoms with van der Waals surface area (Å²) in [5, 5.41) is 5.16. The standard InChI is InChI=1S/C17H25Cl2N/c1-6-9-20-14(15-16(2,3)17(15,4)5)12-8-7-11(18)10-13(12)19/h7-8,10,14-15,20H,6,9H2,1-5H3. The first kappa shape index (κ1) is 16.1. The van der Waals surface area contributed by atoms with Gasteiger partial charge in [0.15, 0.2) is 0 Å². The van der Waals surface area contributed by atoms with Gasteiger partial charge in [0.2, 0.25) is 0 Å². The van der Waals surface area contributed by atoms with Crippen LogP contribution in [-0.4, -0.2) is 6.54 Å². The van der Waals surface area contributed by atoms with Crippen molar-refractivity contribution < 1.29 is 0 Å². The predicted molar refractivity (Wildman–Crippen MR) is 88.5 cm³/mol. The Hall–Kier alpha value is -0.240. The van der Waals surface area contributed by atoms with Crippen LogP contribution < -0.4 is 5.32 Å². The largest absolute Gasteiger partial charge is 0.310 e. The highest BCUT2D eigenvalue weighted by atomic mass is 35.5. The molecule has 1 aliphatic carbocycles. The van der Waals surface area contributed by atoms with E-state index in [1.54, 1.807) is 0 Å². The van der Waals surface area contributed by atoms with Crippen LogP contribution in [0.25, 0.3) is 0 Å². The summed E-state index contributed by atoms with van der Waals surface area (Å²) in [4.78, 5) is 0. The van der Waals surface area contributed by atoms with Gasteiger partial charge in [0, 0.05) is 16.1 Å². The van der Waals surface area contributed by atoms with E-state index in [1.807, 2.05) is 12.1 Å². The van der Waals surface area contributed by atoms with Crippen molar-refractivity contribution in [2.24, 2.45) is 16.7 Å². The summed E-state index contributed by atoms with van der Waals surface area (Å²) in [6, 6.07) is 6.15. The summed E-state index contributed by atoms with van der Waals surface area (Å²) >= 11 is 12.5. The molecule has 1 saturated carbocycles. The van der Waals surface area contributed by atoms with E-state index in [2.05, 4.69) is 46.0 Å². The maximum Gasteiger partial charge on any atom is 0.0468 e. The summed E-state index contributed by atoms with van der Waals surface area (Å²) in [5.74, 6) is 0.584. The fourth-order valence-electron chi connectivity index (χ4n) is 3.54. The van der Waals surface area contributed by atoms with Crippen molar-refractivity contribution in [2.45, 2.75) is 47.1 Å². The SMILES string of the molecule is CCCNC(c1ccc(Cl)cc1Cl)C1C(C)(C)C1(C)C. The molecular formula is C17H25Cl2N. The van der Waals surface area contributed by atoms with Crippen LogP contribution in [0.2, 0.25) is 10.0 Å². The van der Waals surface area contributed by atoms with Crippen LogP contribution in [-0.2, 0) is 0 Å². The zero-order chi connectivity index (χ0) is 15.1. The minimum Gasteiger partial charge on any atom is -0.310 e. The van der Waals surface area contributed by atoms with Gasteiger partial charge in [0.25, 0.3) is 0 Å². The lowest BCUT2D eigenvalue weighted by Gasteiger charge is -2.22. The van der Waals surface area contributed by atoms with Crippen molar-refractivity contribution in [3.63, 3.8) is 0 Å². The number of hydrogen-bond donors (Lipinski definition) is 1. The third-order valence-electron chi connectivity index (χ3n) is 5.38. The number of halogens is 2. The van der Waals surface area contributed by atoms with Crippen LogP contribution in [0.3, 0.4) is 0 Å². The Bertz CT molecular complexity index is 480. The van der Waals surface area contributed by atoms with Crippen LogP contribution in [0.5, 0.6) is 0 Å². The van der Waals surface area contributed by atoms with Crippen LogP contribution in [0.15, 0.2) is 18.2 Å². The highest BCUT2D eigenvalue weighted by Crippen LogP contribution is 2.72. The summed E-state index contributed by atoms with van der Waals surface area (Å²) in [5.41, 5.74) is 1.82. The van der Waals surface area contributed by atoms with Crippen LogP contribution in [0.1, 0.15) is 52.6 Å². The lowest BCUT2D eigenvalue weighted by Crippen LogP contribution is -2.26. The number of rotatable bonds is 5. The molecule has 1 nitrogen and oxygen atoms in total. The Kier molecular flexibility index (Phi) is 4.45. The predicted octanol–water partition coefficient (Wildman–Crippen LogP) is 5.72. The fraction of sp³-hybridized carbons (Fsp3) is 0.647. The third kappa shape index (κ3) is 2.61. The van der Waals surface area contributed by atoms with E-state index in [-0.39, 0.29) is 0 Å². The average Bonchev–Trinajstić information content (AvgIpc) is 2.73. The normalized spacial score (nSPS) is 21.8. The van der Waals surface area contributed by atoms with Gasteiger partial charge in [-0.05, 0) is 47.4 Å². The Balaban J connectivity index is 2.34. The molecule has 0 heterocycles. The molecule has 2 rings (SSSR count). The van der Waals surface area contributed by atoms with Crippen molar-refractivity contribution >= 4 is 23.2 Å². The second-order valence-electron chi connectivity index (χ2n) is 7.02. The van der Waals surface area contributed by atoms with Gasteiger partial charge in [-0.3, -0.25) is 0 Å². The minimum atomic E-state index is 0.296. The number of nitrogens with one attached hydrogen (secondary N) is 1. The van der Waals surface area contributed by atoms with Crippen molar-refractivity contribution in [1.29, 1.82) is 0 Å². The smallest absolute Gasteiger partial charge is 0.0468 e. The molecule has 1 aromatic carbocycles. The molecule has 112 valence electrons. The van der Waals surface area contributed by atoms with E-state index >= 15 is 0 Å². The van der Waals surface area contributed by atoms with Crippen molar-refractivity contribution in [3.05, 3.63) is 33.8 Å². The van der Waals surface area contributed by atoms with Gasteiger partial charge in [-0.15, -0.1) is 0 Å². The summed E-state index contributed by atoms with van der Waals surface area (Å²) < 4.78 is 0. The molecule has 1 aromatic rings. The molecule has 0 amide bonds. The third-order valence-corrected chi connectivity index (χ3v) is 5.94. The highest BCUT2D eigenvalue weighted by Gasteiger charge is 2.67. The zero-order valence-corrected chi connectivity index (χ0v) is 14.6. The molecule has 0 aliphatic heterocycles. The van der Waals surface area contributed by atoms with Gasteiger partial charge in [-0.2, -0.15) is 0 Å². The minimum absolute atomic E-state index is 0.296. The van der Waals surface area contributed by atoms with Crippen molar-refractivity contribution in [2.75, 3.05) is 6.54 Å². The van der Waals surface area contributed by atoms with E-state index in [9.17, 15) is 0 Å². The Morgan fingerprint density at radius 1 is 1.15 bits per heavy atom. The molecule has 3 heteroatoms. The Labute approximate surface area is 133 Å². The highest BCUT2D eigenvalue weighted by molar-refractivity contribution is 6.35. The molecule has 20 heavy (non-hydrogen) atoms. The Morgan fingerprint density at radius 3 is 2.20 bits per heavy atom. The molecule has 0 spiro atoms. The maximum atomic E-state index is 6.44. The van der Waals surface area contributed by atoms with E-state index < -0.39 is 0 Å². The number of hydrogen-bond acceptors (Lipinski definition) is 1. The van der Waals surface area contributed by atoms with E-state index in [4.69, 9.17) is 23.2 Å². The van der Waals surface area contributed by atoms with Gasteiger partial charge in [-0.1, -0.05) is 63.9 Å². The quantitative estimate of drug-likeness (QED) is 0.733. The molecule has 1 unspecified atom stereocenters. The molecule has 0 aromatic heterocycles. The lowest BCUT2D eigenvalue weighted by molar-refractivity contribution is 0.410. The van der Waals surface area contributed by atoms with E-state index in [0.29, 0.717) is 27.8 Å². The van der Waals surface area contributed by atoms with Crippen molar-refractivity contribution in [3.8, 4) is 0 Å². The first-order valence-electron chi connectivity index (χ1n) is 7.41. The topological polar surface area (TPSA) is 12.0 Å². The van der Waals surface area contributed by atoms with Gasteiger partial charge < -0.3 is 5.32 Å². The second-order valence-corrected chi connectivity index (χ2v) is 7.86. The fourth-order valence-corrected chi connectivity index (χ4v) is 4.07. The van der Waals surface area contributed by atoms with Gasteiger partial charge >= 0.3 is 0 Å². The molecule has 0 bridgehead atoms. The van der Waals surface area contributed by atoms with Crippen LogP contribution >= 0.6 is 23.2 Å². The monoisotopic (exact) mass is 313 g/mol. The molecule has 1 aliphatic rings. The lowest BCUT2D eigenvalue weighted by atomic mass is 9.96. The molecule has 0 saturated heterocycles. The van der Waals surface area contributed by atoms with E-state index in [0.717, 1.165) is 18.0 Å². The van der Waals surface area contributed by atoms with Gasteiger partial charge in [0.05, 0.1) is 0 Å². The molecule has 0 radical (unpaired) electrons. The molecule has 1 atom stereocenters. The Morgan fingerprint density at radius 2 is 1.75 bits per heavy atom. The van der Waals surface area contributed by atoms with E-state index in [1.165, 1.54) is 5.56 Å². The zero-order valence-electron chi connectivity index (χ0n) is 13.1. The summed E-state index contributed by atoms with van der Waals surface area (Å²) in [6.45, 7) is 12.6. The van der Waals surface area contributed by atoms with Gasteiger partial charge in [0.1, 0.15) is 0 Å². The van der Waals surface area contributed by atoms with Crippen LogP contribution in [0.4, 0.5) is 0 Å². The second kappa shape index (κ2) is 5.51. The van der Waals surface area contributed by atoms with Crippen LogP contribution in [0, 0.1) is 16.7 Å². The van der Waals surface area contributed by atoms with Gasteiger partial charge in [-0.25, -0.2) is 0 Å². The number of benzene rings is 1. The first-order chi connectivity index (χ1) is 9.23. The summed E-state index contributed by atoms with van der Waals surface area (Å²) in [7, 11) is 0.